The molecule has 0 unspecified atom stereocenters. The van der Waals surface area contributed by atoms with E-state index in [0.717, 1.165) is 5.88 Å². The Morgan fingerprint density at radius 2 is 1.45 bits per heavy atom. The van der Waals surface area contributed by atoms with Crippen LogP contribution in [-0.2, 0) is 0 Å². The smallest absolute Gasteiger partial charge is 0.0686 e. The molecule has 1 aromatic rings. The Kier molecular flexibility index (Phi) is 11.1. The molecule has 0 saturated heterocycles. The predicted octanol–water partition coefficient (Wildman–Crippen LogP) is 7.06. The summed E-state index contributed by atoms with van der Waals surface area (Å²) < 4.78 is 0. The predicted molar refractivity (Wildman–Crippen MR) is 107 cm³/mol. The summed E-state index contributed by atoms with van der Waals surface area (Å²) in [6, 6.07) is 8.83. The van der Waals surface area contributed by atoms with Gasteiger partial charge in [-0.2, -0.15) is 0 Å². The standard InChI is InChI=1S/C19H31NS.BrH/c1-2-3-4-5-6-7-8-9-10-13-16-20-17-21-19-15-12-11-14-18(19)20;/h11-12,14-15H,2-10,13,16-17H2,1H3;1H. The van der Waals surface area contributed by atoms with E-state index in [1.807, 2.05) is 11.8 Å². The van der Waals surface area contributed by atoms with Crippen molar-refractivity contribution in [2.45, 2.75) is 76.0 Å². The van der Waals surface area contributed by atoms with Crippen LogP contribution in [0.15, 0.2) is 29.2 Å². The van der Waals surface area contributed by atoms with Gasteiger partial charge in [0.05, 0.1) is 11.6 Å². The van der Waals surface area contributed by atoms with E-state index >= 15 is 0 Å². The first kappa shape index (κ1) is 19.9. The maximum Gasteiger partial charge on any atom is 0.0686 e. The maximum absolute atomic E-state index is 2.55. The van der Waals surface area contributed by atoms with Crippen LogP contribution < -0.4 is 4.90 Å². The molecule has 0 fully saturated rings. The van der Waals surface area contributed by atoms with E-state index in [1.165, 1.54) is 81.3 Å². The maximum atomic E-state index is 2.55. The molecule has 1 aliphatic heterocycles. The lowest BCUT2D eigenvalue weighted by Gasteiger charge is -2.18. The van der Waals surface area contributed by atoms with Crippen LogP contribution in [0.1, 0.15) is 71.1 Å². The van der Waals surface area contributed by atoms with Gasteiger partial charge in [0, 0.05) is 11.4 Å². The zero-order valence-corrected chi connectivity index (χ0v) is 16.6. The minimum absolute atomic E-state index is 0. The Hall–Kier alpha value is -0.150. The molecule has 2 rings (SSSR count). The lowest BCUT2D eigenvalue weighted by atomic mass is 10.1. The van der Waals surface area contributed by atoms with Crippen molar-refractivity contribution in [1.82, 2.24) is 0 Å². The number of anilines is 1. The average Bonchev–Trinajstić information content (AvgIpc) is 2.92. The molecule has 0 bridgehead atoms. The summed E-state index contributed by atoms with van der Waals surface area (Å²) in [7, 11) is 0. The van der Waals surface area contributed by atoms with Gasteiger partial charge >= 0.3 is 0 Å². The Morgan fingerprint density at radius 1 is 0.864 bits per heavy atom. The van der Waals surface area contributed by atoms with Crippen LogP contribution >= 0.6 is 28.7 Å². The Morgan fingerprint density at radius 3 is 2.14 bits per heavy atom. The van der Waals surface area contributed by atoms with Crippen molar-refractivity contribution >= 4 is 34.4 Å². The van der Waals surface area contributed by atoms with E-state index in [0.29, 0.717) is 0 Å². The molecule has 0 spiro atoms. The number of hydrogen-bond acceptors (Lipinski definition) is 2. The van der Waals surface area contributed by atoms with Gasteiger partial charge in [0.25, 0.3) is 0 Å². The molecule has 0 atom stereocenters. The fourth-order valence-electron chi connectivity index (χ4n) is 3.03. The molecule has 0 aliphatic carbocycles. The fourth-order valence-corrected chi connectivity index (χ4v) is 4.12. The second-order valence-electron chi connectivity index (χ2n) is 6.19. The van der Waals surface area contributed by atoms with Gasteiger partial charge in [0.15, 0.2) is 0 Å². The lowest BCUT2D eigenvalue weighted by Crippen LogP contribution is -2.20. The first-order valence-electron chi connectivity index (χ1n) is 8.88. The first-order chi connectivity index (χ1) is 10.4. The number of fused-ring (bicyclic) bond motifs is 1. The van der Waals surface area contributed by atoms with Crippen LogP contribution in [0.2, 0.25) is 0 Å². The molecule has 0 saturated carbocycles. The molecule has 0 amide bonds. The van der Waals surface area contributed by atoms with Crippen molar-refractivity contribution in [1.29, 1.82) is 0 Å². The minimum atomic E-state index is 0. The lowest BCUT2D eigenvalue weighted by molar-refractivity contribution is 0.556. The highest BCUT2D eigenvalue weighted by Gasteiger charge is 2.17. The molecule has 1 heterocycles. The molecule has 1 aliphatic rings. The van der Waals surface area contributed by atoms with Gasteiger partial charge in [-0.05, 0) is 18.6 Å². The van der Waals surface area contributed by atoms with Crippen LogP contribution in [0.4, 0.5) is 5.69 Å². The van der Waals surface area contributed by atoms with E-state index in [2.05, 4.69) is 36.1 Å². The normalized spacial score (nSPS) is 13.0. The summed E-state index contributed by atoms with van der Waals surface area (Å²) in [6.07, 6.45) is 14.2. The SMILES string of the molecule is Br.CCCCCCCCCCCCN1CSc2ccccc21. The molecule has 126 valence electrons. The molecule has 3 heteroatoms. The van der Waals surface area contributed by atoms with Crippen molar-refractivity contribution in [2.75, 3.05) is 17.3 Å². The summed E-state index contributed by atoms with van der Waals surface area (Å²) >= 11 is 1.98. The van der Waals surface area contributed by atoms with Gasteiger partial charge < -0.3 is 4.90 Å². The second kappa shape index (κ2) is 12.3. The molecule has 0 aromatic heterocycles. The van der Waals surface area contributed by atoms with Gasteiger partial charge in [0.2, 0.25) is 0 Å². The van der Waals surface area contributed by atoms with E-state index < -0.39 is 0 Å². The minimum Gasteiger partial charge on any atom is -0.361 e. The number of nitrogens with zero attached hydrogens (tertiary/aromatic N) is 1. The third-order valence-corrected chi connectivity index (χ3v) is 5.46. The highest BCUT2D eigenvalue weighted by molar-refractivity contribution is 8.93. The average molecular weight is 386 g/mol. The van der Waals surface area contributed by atoms with Crippen molar-refractivity contribution in [3.63, 3.8) is 0 Å². The van der Waals surface area contributed by atoms with Crippen molar-refractivity contribution in [3.05, 3.63) is 24.3 Å². The van der Waals surface area contributed by atoms with Gasteiger partial charge in [-0.3, -0.25) is 0 Å². The van der Waals surface area contributed by atoms with Crippen LogP contribution in [0, 0.1) is 0 Å². The second-order valence-corrected chi connectivity index (χ2v) is 7.17. The third-order valence-electron chi connectivity index (χ3n) is 4.36. The summed E-state index contributed by atoms with van der Waals surface area (Å²) in [4.78, 5) is 4.01. The molecular formula is C19H32BrNS. The fraction of sp³-hybridized carbons (Fsp3) is 0.684. The molecular weight excluding hydrogens is 354 g/mol. The number of para-hydroxylation sites is 1. The zero-order chi connectivity index (χ0) is 14.8. The monoisotopic (exact) mass is 385 g/mol. The quantitative estimate of drug-likeness (QED) is 0.375. The Balaban J connectivity index is 0.00000242. The summed E-state index contributed by atoms with van der Waals surface area (Å²) in [6.45, 7) is 3.53. The van der Waals surface area contributed by atoms with Crippen molar-refractivity contribution in [3.8, 4) is 0 Å². The number of rotatable bonds is 11. The van der Waals surface area contributed by atoms with Gasteiger partial charge in [-0.1, -0.05) is 76.8 Å². The van der Waals surface area contributed by atoms with E-state index in [9.17, 15) is 0 Å². The summed E-state index contributed by atoms with van der Waals surface area (Å²) in [5.74, 6) is 1.15. The first-order valence-corrected chi connectivity index (χ1v) is 9.87. The van der Waals surface area contributed by atoms with Crippen molar-refractivity contribution < 1.29 is 0 Å². The Bertz CT molecular complexity index is 397. The summed E-state index contributed by atoms with van der Waals surface area (Å²) in [5.41, 5.74) is 1.46. The highest BCUT2D eigenvalue weighted by atomic mass is 79.9. The van der Waals surface area contributed by atoms with Gasteiger partial charge in [-0.15, -0.1) is 28.7 Å². The van der Waals surface area contributed by atoms with Crippen LogP contribution in [0.3, 0.4) is 0 Å². The van der Waals surface area contributed by atoms with Gasteiger partial charge in [0.1, 0.15) is 0 Å². The number of thioether (sulfide) groups is 1. The highest BCUT2D eigenvalue weighted by Crippen LogP contribution is 2.37. The van der Waals surface area contributed by atoms with Crippen LogP contribution in [0.5, 0.6) is 0 Å². The zero-order valence-electron chi connectivity index (χ0n) is 14.1. The number of hydrogen-bond donors (Lipinski definition) is 0. The van der Waals surface area contributed by atoms with Crippen molar-refractivity contribution in [2.24, 2.45) is 0 Å². The van der Waals surface area contributed by atoms with E-state index in [4.69, 9.17) is 0 Å². The largest absolute Gasteiger partial charge is 0.361 e. The number of unbranched alkanes of at least 4 members (excludes halogenated alkanes) is 9. The van der Waals surface area contributed by atoms with Crippen LogP contribution in [0.25, 0.3) is 0 Å². The topological polar surface area (TPSA) is 3.24 Å². The van der Waals surface area contributed by atoms with Gasteiger partial charge in [-0.25, -0.2) is 0 Å². The molecule has 1 nitrogen and oxygen atoms in total. The third kappa shape index (κ3) is 6.95. The molecule has 0 N–H and O–H groups in total. The molecule has 22 heavy (non-hydrogen) atoms. The number of benzene rings is 1. The van der Waals surface area contributed by atoms with Crippen LogP contribution in [-0.4, -0.2) is 12.4 Å². The molecule has 0 radical (unpaired) electrons. The Labute approximate surface area is 152 Å². The summed E-state index contributed by atoms with van der Waals surface area (Å²) in [5, 5.41) is 0. The molecule has 1 aromatic carbocycles. The van der Waals surface area contributed by atoms with E-state index in [-0.39, 0.29) is 17.0 Å². The number of halogens is 1. The van der Waals surface area contributed by atoms with E-state index in [1.54, 1.807) is 0 Å².